The van der Waals surface area contributed by atoms with Crippen molar-refractivity contribution in [2.75, 3.05) is 25.1 Å². The maximum absolute atomic E-state index is 11.9. The Balaban J connectivity index is 2.68. The Morgan fingerprint density at radius 2 is 1.65 bits per heavy atom. The van der Waals surface area contributed by atoms with Gasteiger partial charge in [-0.05, 0) is 24.2 Å². The Hall–Kier alpha value is -0.960. The van der Waals surface area contributed by atoms with Gasteiger partial charge in [0.25, 0.3) is 0 Å². The van der Waals surface area contributed by atoms with Gasteiger partial charge in [-0.2, -0.15) is 0 Å². The molecule has 8 heteroatoms. The van der Waals surface area contributed by atoms with Crippen molar-refractivity contribution in [2.24, 2.45) is 0 Å². The van der Waals surface area contributed by atoms with E-state index in [2.05, 4.69) is 10.0 Å². The normalized spacial score (nSPS) is 12.5. The van der Waals surface area contributed by atoms with Gasteiger partial charge in [0.1, 0.15) is 9.84 Å². The third-order valence-electron chi connectivity index (χ3n) is 2.58. The summed E-state index contributed by atoms with van der Waals surface area (Å²) in [5.74, 6) is -0.218. The summed E-state index contributed by atoms with van der Waals surface area (Å²) in [4.78, 5) is 0.131. The minimum absolute atomic E-state index is 0.125. The molecule has 0 aliphatic heterocycles. The average molecular weight is 320 g/mol. The lowest BCUT2D eigenvalue weighted by atomic mass is 10.2. The zero-order chi connectivity index (χ0) is 15.2. The molecule has 0 aliphatic carbocycles. The number of hydrogen-bond acceptors (Lipinski definition) is 5. The Labute approximate surface area is 120 Å². The van der Waals surface area contributed by atoms with Crippen LogP contribution >= 0.6 is 0 Å². The van der Waals surface area contributed by atoms with Crippen LogP contribution in [0.4, 0.5) is 0 Å². The molecular formula is C12H20N2O4S2. The fourth-order valence-electron chi connectivity index (χ4n) is 1.50. The molecule has 0 aliphatic rings. The summed E-state index contributed by atoms with van der Waals surface area (Å²) in [5, 5.41) is 3.14. The Kier molecular flexibility index (Phi) is 6.12. The van der Waals surface area contributed by atoms with E-state index in [-0.39, 0.29) is 17.2 Å². The third-order valence-corrected chi connectivity index (χ3v) is 5.00. The Morgan fingerprint density at radius 3 is 2.15 bits per heavy atom. The van der Waals surface area contributed by atoms with E-state index in [1.165, 1.54) is 12.1 Å². The summed E-state index contributed by atoms with van der Waals surface area (Å²) in [6, 6.07) is 6.48. The molecule has 0 heterocycles. The third kappa shape index (κ3) is 6.00. The molecule has 0 saturated carbocycles. The van der Waals surface area contributed by atoms with E-state index in [4.69, 9.17) is 0 Å². The van der Waals surface area contributed by atoms with E-state index in [0.717, 1.165) is 18.4 Å². The predicted octanol–water partition coefficient (Wildman–Crippen LogP) is 0.119. The first-order valence-electron chi connectivity index (χ1n) is 6.21. The van der Waals surface area contributed by atoms with E-state index >= 15 is 0 Å². The molecule has 20 heavy (non-hydrogen) atoms. The quantitative estimate of drug-likeness (QED) is 0.710. The second-order valence-corrected chi connectivity index (χ2v) is 8.48. The largest absolute Gasteiger partial charge is 0.313 e. The molecule has 0 saturated heterocycles. The summed E-state index contributed by atoms with van der Waals surface area (Å²) in [6.45, 7) is 3.39. The van der Waals surface area contributed by atoms with Crippen LogP contribution in [0, 0.1) is 0 Å². The lowest BCUT2D eigenvalue weighted by Crippen LogP contribution is -2.28. The van der Waals surface area contributed by atoms with Gasteiger partial charge < -0.3 is 5.32 Å². The number of rotatable bonds is 8. The van der Waals surface area contributed by atoms with Gasteiger partial charge in [0.05, 0.1) is 10.6 Å². The van der Waals surface area contributed by atoms with Gasteiger partial charge in [-0.3, -0.25) is 0 Å². The molecule has 0 amide bonds. The molecule has 114 valence electrons. The maximum atomic E-state index is 11.9. The maximum Gasteiger partial charge on any atom is 0.240 e. The van der Waals surface area contributed by atoms with Gasteiger partial charge >= 0.3 is 0 Å². The van der Waals surface area contributed by atoms with Crippen LogP contribution in [0.1, 0.15) is 12.5 Å². The topological polar surface area (TPSA) is 92.3 Å². The van der Waals surface area contributed by atoms with Crippen molar-refractivity contribution in [1.29, 1.82) is 0 Å². The highest BCUT2D eigenvalue weighted by Crippen LogP contribution is 2.10. The zero-order valence-electron chi connectivity index (χ0n) is 11.6. The van der Waals surface area contributed by atoms with E-state index in [1.54, 1.807) is 12.1 Å². The van der Waals surface area contributed by atoms with Gasteiger partial charge in [0.2, 0.25) is 10.0 Å². The summed E-state index contributed by atoms with van der Waals surface area (Å²) >= 11 is 0. The van der Waals surface area contributed by atoms with Crippen LogP contribution in [0.2, 0.25) is 0 Å². The highest BCUT2D eigenvalue weighted by Gasteiger charge is 2.14. The number of hydrogen-bond donors (Lipinski definition) is 2. The fourth-order valence-corrected chi connectivity index (χ4v) is 3.13. The summed E-state index contributed by atoms with van der Waals surface area (Å²) < 4.78 is 48.0. The monoisotopic (exact) mass is 320 g/mol. The van der Waals surface area contributed by atoms with Crippen molar-refractivity contribution >= 4 is 19.9 Å². The number of nitrogens with one attached hydrogen (secondary N) is 2. The fraction of sp³-hybridized carbons (Fsp3) is 0.500. The first kappa shape index (κ1) is 17.1. The molecule has 0 radical (unpaired) electrons. The van der Waals surface area contributed by atoms with E-state index < -0.39 is 19.9 Å². The summed E-state index contributed by atoms with van der Waals surface area (Å²) in [7, 11) is -6.84. The van der Waals surface area contributed by atoms with Crippen LogP contribution < -0.4 is 10.0 Å². The van der Waals surface area contributed by atoms with Gasteiger partial charge in [0.15, 0.2) is 0 Å². The minimum atomic E-state index is -3.65. The molecule has 0 atom stereocenters. The van der Waals surface area contributed by atoms with Crippen molar-refractivity contribution < 1.29 is 16.8 Å². The molecule has 1 rings (SSSR count). The highest BCUT2D eigenvalue weighted by atomic mass is 32.2. The standard InChI is InChI=1S/C12H20N2O4S2/c1-3-13-10-11-4-6-12(7-5-11)20(17,18)14-8-9-19(2,15)16/h4-7,13-14H,3,8-10H2,1-2H3. The van der Waals surface area contributed by atoms with Gasteiger partial charge in [0, 0.05) is 19.3 Å². The molecule has 2 N–H and O–H groups in total. The zero-order valence-corrected chi connectivity index (χ0v) is 13.2. The highest BCUT2D eigenvalue weighted by molar-refractivity contribution is 7.91. The van der Waals surface area contributed by atoms with Crippen molar-refractivity contribution in [3.63, 3.8) is 0 Å². The van der Waals surface area contributed by atoms with Crippen molar-refractivity contribution in [1.82, 2.24) is 10.0 Å². The van der Waals surface area contributed by atoms with Gasteiger partial charge in [-0.15, -0.1) is 0 Å². The minimum Gasteiger partial charge on any atom is -0.313 e. The SMILES string of the molecule is CCNCc1ccc(S(=O)(=O)NCCS(C)(=O)=O)cc1. The Morgan fingerprint density at radius 1 is 1.05 bits per heavy atom. The first-order chi connectivity index (χ1) is 9.24. The molecule has 0 spiro atoms. The van der Waals surface area contributed by atoms with Crippen LogP contribution in [0.5, 0.6) is 0 Å². The van der Waals surface area contributed by atoms with Crippen molar-refractivity contribution in [3.8, 4) is 0 Å². The molecule has 1 aromatic rings. The molecule has 0 fully saturated rings. The first-order valence-corrected chi connectivity index (χ1v) is 9.76. The van der Waals surface area contributed by atoms with Crippen molar-refractivity contribution in [2.45, 2.75) is 18.4 Å². The number of benzene rings is 1. The van der Waals surface area contributed by atoms with E-state index in [1.807, 2.05) is 6.92 Å². The van der Waals surface area contributed by atoms with Crippen LogP contribution in [0.15, 0.2) is 29.2 Å². The molecule has 0 unspecified atom stereocenters. The van der Waals surface area contributed by atoms with E-state index in [0.29, 0.717) is 6.54 Å². The van der Waals surface area contributed by atoms with Gasteiger partial charge in [-0.1, -0.05) is 19.1 Å². The summed E-state index contributed by atoms with van der Waals surface area (Å²) in [6.07, 6.45) is 1.07. The van der Waals surface area contributed by atoms with Gasteiger partial charge in [-0.25, -0.2) is 21.6 Å². The number of sulfone groups is 1. The van der Waals surface area contributed by atoms with Crippen molar-refractivity contribution in [3.05, 3.63) is 29.8 Å². The molecule has 6 nitrogen and oxygen atoms in total. The summed E-state index contributed by atoms with van der Waals surface area (Å²) in [5.41, 5.74) is 0.988. The lowest BCUT2D eigenvalue weighted by Gasteiger charge is -2.07. The average Bonchev–Trinajstić information content (AvgIpc) is 2.35. The second-order valence-electron chi connectivity index (χ2n) is 4.45. The smallest absolute Gasteiger partial charge is 0.240 e. The molecular weight excluding hydrogens is 300 g/mol. The molecule has 0 bridgehead atoms. The molecule has 0 aromatic heterocycles. The van der Waals surface area contributed by atoms with Crippen LogP contribution in [-0.2, 0) is 26.4 Å². The molecule has 1 aromatic carbocycles. The van der Waals surface area contributed by atoms with E-state index in [9.17, 15) is 16.8 Å². The van der Waals surface area contributed by atoms with Crippen LogP contribution in [-0.4, -0.2) is 41.9 Å². The number of sulfonamides is 1. The second kappa shape index (κ2) is 7.16. The predicted molar refractivity (Wildman–Crippen MR) is 78.7 cm³/mol. The van der Waals surface area contributed by atoms with Crippen LogP contribution in [0.3, 0.4) is 0 Å². The van der Waals surface area contributed by atoms with Crippen LogP contribution in [0.25, 0.3) is 0 Å². The lowest BCUT2D eigenvalue weighted by molar-refractivity contribution is 0.582. The Bertz CT molecular complexity index is 622.